The first kappa shape index (κ1) is 33.6. The maximum atomic E-state index is 5.42. The van der Waals surface area contributed by atoms with Crippen molar-refractivity contribution in [1.29, 1.82) is 0 Å². The number of hydrogen-bond donors (Lipinski definition) is 0. The second kappa shape index (κ2) is 12.8. The summed E-state index contributed by atoms with van der Waals surface area (Å²) in [4.78, 5) is 16.2. The highest BCUT2D eigenvalue weighted by molar-refractivity contribution is 6.15. The Kier molecular flexibility index (Phi) is 7.27. The van der Waals surface area contributed by atoms with E-state index < -0.39 is 0 Å². The summed E-state index contributed by atoms with van der Waals surface area (Å²) in [5.41, 5.74) is 10.6. The molecule has 0 bridgehead atoms. The molecule has 0 N–H and O–H groups in total. The summed E-state index contributed by atoms with van der Waals surface area (Å²) in [6.45, 7) is 4.66. The molecule has 0 aliphatic heterocycles. The third-order valence-electron chi connectivity index (χ3n) is 12.7. The predicted molar refractivity (Wildman–Crippen MR) is 247 cm³/mol. The largest absolute Gasteiger partial charge is 0.208 e. The van der Waals surface area contributed by atoms with Crippen molar-refractivity contribution >= 4 is 53.9 Å². The highest BCUT2D eigenvalue weighted by Crippen LogP contribution is 2.50. The zero-order valence-electron chi connectivity index (χ0n) is 32.7. The highest BCUT2D eigenvalue weighted by Gasteiger charge is 2.35. The first-order chi connectivity index (χ1) is 29.0. The van der Waals surface area contributed by atoms with Crippen LogP contribution < -0.4 is 0 Å². The van der Waals surface area contributed by atoms with Crippen LogP contribution in [0, 0.1) is 0 Å². The van der Waals surface area contributed by atoms with Crippen LogP contribution in [-0.4, -0.2) is 15.0 Å². The van der Waals surface area contributed by atoms with Crippen molar-refractivity contribution in [2.24, 2.45) is 0 Å². The van der Waals surface area contributed by atoms with E-state index in [2.05, 4.69) is 202 Å². The van der Waals surface area contributed by atoms with Gasteiger partial charge in [-0.2, -0.15) is 0 Å². The van der Waals surface area contributed by atoms with Crippen molar-refractivity contribution in [3.63, 3.8) is 0 Å². The minimum absolute atomic E-state index is 0.0398. The normalized spacial score (nSPS) is 13.1. The smallest absolute Gasteiger partial charge is 0.164 e. The van der Waals surface area contributed by atoms with E-state index in [4.69, 9.17) is 15.0 Å². The maximum absolute atomic E-state index is 5.42. The monoisotopic (exact) mass is 751 g/mol. The van der Waals surface area contributed by atoms with Crippen molar-refractivity contribution in [3.8, 4) is 56.4 Å². The van der Waals surface area contributed by atoms with E-state index in [-0.39, 0.29) is 5.41 Å². The molecule has 11 aromatic rings. The number of rotatable bonds is 4. The number of nitrogens with zero attached hydrogens (tertiary/aromatic N) is 3. The number of benzene rings is 10. The molecule has 0 saturated heterocycles. The van der Waals surface area contributed by atoms with Crippen LogP contribution in [0.3, 0.4) is 0 Å². The van der Waals surface area contributed by atoms with E-state index in [1.54, 1.807) is 0 Å². The molecule has 3 nitrogen and oxygen atoms in total. The molecule has 10 aromatic carbocycles. The predicted octanol–water partition coefficient (Wildman–Crippen LogP) is 14.6. The van der Waals surface area contributed by atoms with Crippen LogP contribution in [0.5, 0.6) is 0 Å². The van der Waals surface area contributed by atoms with Crippen LogP contribution >= 0.6 is 0 Å². The van der Waals surface area contributed by atoms with E-state index >= 15 is 0 Å². The van der Waals surface area contributed by atoms with Gasteiger partial charge in [0.1, 0.15) is 0 Å². The Balaban J connectivity index is 1.11. The molecular weight excluding hydrogens is 715 g/mol. The average Bonchev–Trinajstić information content (AvgIpc) is 3.53. The Morgan fingerprint density at radius 1 is 0.288 bits per heavy atom. The molecule has 0 amide bonds. The van der Waals surface area contributed by atoms with E-state index in [9.17, 15) is 0 Å². The second-order valence-corrected chi connectivity index (χ2v) is 16.4. The van der Waals surface area contributed by atoms with E-state index in [0.717, 1.165) is 54.6 Å². The topological polar surface area (TPSA) is 38.7 Å². The van der Waals surface area contributed by atoms with E-state index in [1.165, 1.54) is 49.4 Å². The van der Waals surface area contributed by atoms with Crippen molar-refractivity contribution in [3.05, 3.63) is 199 Å². The molecule has 0 saturated carbocycles. The van der Waals surface area contributed by atoms with Gasteiger partial charge in [0, 0.05) is 22.1 Å². The van der Waals surface area contributed by atoms with Gasteiger partial charge in [-0.25, -0.2) is 15.0 Å². The summed E-state index contributed by atoms with van der Waals surface area (Å²) in [6, 6.07) is 67.9. The molecule has 1 aliphatic rings. The summed E-state index contributed by atoms with van der Waals surface area (Å²) in [5.74, 6) is 1.95. The lowest BCUT2D eigenvalue weighted by molar-refractivity contribution is 0.660. The molecule has 12 rings (SSSR count). The van der Waals surface area contributed by atoms with Crippen LogP contribution in [0.15, 0.2) is 188 Å². The van der Waals surface area contributed by atoms with Crippen LogP contribution in [0.1, 0.15) is 25.0 Å². The first-order valence-electron chi connectivity index (χ1n) is 20.4. The lowest BCUT2D eigenvalue weighted by Crippen LogP contribution is -2.14. The molecule has 3 heteroatoms. The van der Waals surface area contributed by atoms with Crippen LogP contribution in [0.4, 0.5) is 0 Å². The molecule has 0 spiro atoms. The van der Waals surface area contributed by atoms with Gasteiger partial charge in [-0.05, 0) is 112 Å². The number of fused-ring (bicyclic) bond motifs is 10. The third kappa shape index (κ3) is 5.18. The SMILES string of the molecule is CC1(C)c2ccccc2-c2cc(-c3ccc4cccc(-c5nc(-c6cc7ccccc7c7ccccc67)nc(-c6cc7ccccc7c7ccccc67)n5)c4c3)ccc21. The fraction of sp³-hybridized carbons (Fsp3) is 0.0536. The third-order valence-corrected chi connectivity index (χ3v) is 12.7. The molecular formula is C56H37N3. The Morgan fingerprint density at radius 3 is 1.39 bits per heavy atom. The first-order valence-corrected chi connectivity index (χ1v) is 20.4. The van der Waals surface area contributed by atoms with Gasteiger partial charge >= 0.3 is 0 Å². The summed E-state index contributed by atoms with van der Waals surface area (Å²) in [5, 5.41) is 11.5. The molecule has 276 valence electrons. The summed E-state index contributed by atoms with van der Waals surface area (Å²) >= 11 is 0. The average molecular weight is 752 g/mol. The number of hydrogen-bond acceptors (Lipinski definition) is 3. The zero-order chi connectivity index (χ0) is 39.2. The fourth-order valence-corrected chi connectivity index (χ4v) is 9.76. The molecule has 1 aliphatic carbocycles. The molecule has 0 unspecified atom stereocenters. The van der Waals surface area contributed by atoms with Gasteiger partial charge in [0.05, 0.1) is 0 Å². The minimum Gasteiger partial charge on any atom is -0.208 e. The fourth-order valence-electron chi connectivity index (χ4n) is 9.76. The van der Waals surface area contributed by atoms with Crippen molar-refractivity contribution in [2.45, 2.75) is 19.3 Å². The highest BCUT2D eigenvalue weighted by atomic mass is 15.0. The Labute approximate surface area is 342 Å². The quantitative estimate of drug-likeness (QED) is 0.168. The van der Waals surface area contributed by atoms with Gasteiger partial charge in [0.25, 0.3) is 0 Å². The molecule has 0 fully saturated rings. The molecule has 1 heterocycles. The van der Waals surface area contributed by atoms with Crippen molar-refractivity contribution in [1.82, 2.24) is 15.0 Å². The van der Waals surface area contributed by atoms with Gasteiger partial charge in [-0.3, -0.25) is 0 Å². The minimum atomic E-state index is -0.0398. The van der Waals surface area contributed by atoms with E-state index in [0.29, 0.717) is 17.5 Å². The van der Waals surface area contributed by atoms with Crippen molar-refractivity contribution < 1.29 is 0 Å². The van der Waals surface area contributed by atoms with Crippen LogP contribution in [0.25, 0.3) is 110 Å². The zero-order valence-corrected chi connectivity index (χ0v) is 32.7. The Hall–Kier alpha value is -7.49. The number of aromatic nitrogens is 3. The lowest BCUT2D eigenvalue weighted by atomic mass is 9.82. The van der Waals surface area contributed by atoms with Crippen molar-refractivity contribution in [2.75, 3.05) is 0 Å². The Bertz CT molecular complexity index is 3410. The molecule has 0 radical (unpaired) electrons. The van der Waals surface area contributed by atoms with Gasteiger partial charge in [0.2, 0.25) is 0 Å². The van der Waals surface area contributed by atoms with E-state index in [1.807, 2.05) is 0 Å². The standard InChI is InChI=1S/C56H37N3/c1-56(2)51-25-12-11-23-45(51)48-31-36(28-29-52(48)56)35-27-26-34-16-13-24-46(47(34)30-35)53-57-54(49-32-37-14-3-5-17-39(37)41-19-7-9-21-43(41)49)59-55(58-53)50-33-38-15-4-6-18-40(38)42-20-8-10-22-44(42)50/h3-33H,1-2H3. The van der Waals surface area contributed by atoms with Gasteiger partial charge < -0.3 is 0 Å². The van der Waals surface area contributed by atoms with Crippen LogP contribution in [-0.2, 0) is 5.41 Å². The summed E-state index contributed by atoms with van der Waals surface area (Å²) in [7, 11) is 0. The summed E-state index contributed by atoms with van der Waals surface area (Å²) in [6.07, 6.45) is 0. The molecule has 1 aromatic heterocycles. The van der Waals surface area contributed by atoms with Gasteiger partial charge in [-0.15, -0.1) is 0 Å². The van der Waals surface area contributed by atoms with Gasteiger partial charge in [0.15, 0.2) is 17.5 Å². The van der Waals surface area contributed by atoms with Gasteiger partial charge in [-0.1, -0.05) is 178 Å². The molecule has 0 atom stereocenters. The second-order valence-electron chi connectivity index (χ2n) is 16.4. The maximum Gasteiger partial charge on any atom is 0.164 e. The van der Waals surface area contributed by atoms with Crippen LogP contribution in [0.2, 0.25) is 0 Å². The summed E-state index contributed by atoms with van der Waals surface area (Å²) < 4.78 is 0. The lowest BCUT2D eigenvalue weighted by Gasteiger charge is -2.21. The Morgan fingerprint density at radius 2 is 0.746 bits per heavy atom. The molecule has 59 heavy (non-hydrogen) atoms.